The third kappa shape index (κ3) is 8.88. The zero-order chi connectivity index (χ0) is 4.28. The van der Waals surface area contributed by atoms with Crippen LogP contribution in [0.5, 0.6) is 0 Å². The number of hydrogen-bond donors (Lipinski definition) is 0. The van der Waals surface area contributed by atoms with Crippen LogP contribution in [0, 0.1) is 0 Å². The van der Waals surface area contributed by atoms with Gasteiger partial charge >= 0.3 is 22.4 Å². The molecule has 0 aromatic carbocycles. The summed E-state index contributed by atoms with van der Waals surface area (Å²) in [6, 6.07) is 0. The second-order valence-corrected chi connectivity index (χ2v) is 0.726. The second kappa shape index (κ2) is 5.21. The number of rotatable bonds is 1. The topological polar surface area (TPSA) is 40.1 Å². The van der Waals surface area contributed by atoms with Crippen molar-refractivity contribution in [1.29, 1.82) is 0 Å². The molecule has 0 aliphatic rings. The third-order valence-corrected chi connectivity index (χ3v) is 0.289. The number of hydrogen-bond acceptors (Lipinski definition) is 2. The first-order valence-electron chi connectivity index (χ1n) is 1.47. The summed E-state index contributed by atoms with van der Waals surface area (Å²) in [6.07, 6.45) is 0.111. The third-order valence-electron chi connectivity index (χ3n) is 0.289. The zero-order valence-electron chi connectivity index (χ0n) is 3.33. The van der Waals surface area contributed by atoms with Crippen LogP contribution in [0.15, 0.2) is 0 Å². The molecule has 0 fully saturated rings. The average Bonchev–Trinajstić information content (AvgIpc) is 1.38. The van der Waals surface area contributed by atoms with Crippen molar-refractivity contribution in [3.05, 3.63) is 0 Å². The number of carbonyl (C=O) groups is 1. The molecule has 40 valence electrons. The summed E-state index contributed by atoms with van der Waals surface area (Å²) in [6.45, 7) is 1.54. The SMILES string of the molecule is CCC(=O)[O-].[Ag+]. The van der Waals surface area contributed by atoms with Crippen molar-refractivity contribution in [2.75, 3.05) is 0 Å². The van der Waals surface area contributed by atoms with E-state index in [-0.39, 0.29) is 28.8 Å². The first-order valence-corrected chi connectivity index (χ1v) is 1.47. The van der Waals surface area contributed by atoms with Crippen LogP contribution in [0.25, 0.3) is 0 Å². The van der Waals surface area contributed by atoms with Crippen molar-refractivity contribution in [3.8, 4) is 0 Å². The molecule has 0 spiro atoms. The van der Waals surface area contributed by atoms with Gasteiger partial charge in [-0.1, -0.05) is 6.92 Å². The molecular weight excluding hydrogens is 176 g/mol. The van der Waals surface area contributed by atoms with Crippen LogP contribution in [0.4, 0.5) is 0 Å². The Morgan fingerprint density at radius 2 is 2.00 bits per heavy atom. The predicted octanol–water partition coefficient (Wildman–Crippen LogP) is -0.856. The van der Waals surface area contributed by atoms with E-state index in [4.69, 9.17) is 0 Å². The Morgan fingerprint density at radius 1 is 1.83 bits per heavy atom. The van der Waals surface area contributed by atoms with E-state index in [2.05, 4.69) is 0 Å². The summed E-state index contributed by atoms with van der Waals surface area (Å²) >= 11 is 0. The van der Waals surface area contributed by atoms with Gasteiger partial charge in [-0.05, 0) is 6.42 Å². The van der Waals surface area contributed by atoms with Gasteiger partial charge in [0.15, 0.2) is 0 Å². The van der Waals surface area contributed by atoms with Crippen molar-refractivity contribution < 1.29 is 32.3 Å². The summed E-state index contributed by atoms with van der Waals surface area (Å²) in [5.74, 6) is -0.995. The summed E-state index contributed by atoms with van der Waals surface area (Å²) in [4.78, 5) is 9.26. The molecule has 6 heavy (non-hydrogen) atoms. The molecule has 0 unspecified atom stereocenters. The molecule has 0 aliphatic heterocycles. The van der Waals surface area contributed by atoms with Gasteiger partial charge in [-0.3, -0.25) is 0 Å². The maximum absolute atomic E-state index is 9.26. The van der Waals surface area contributed by atoms with Crippen LogP contribution >= 0.6 is 0 Å². The molecule has 2 nitrogen and oxygen atoms in total. The number of carboxylic acid groups (broad SMARTS) is 1. The molecule has 0 radical (unpaired) electrons. The molecular formula is C3H5AgO2. The van der Waals surface area contributed by atoms with Crippen molar-refractivity contribution in [3.63, 3.8) is 0 Å². The van der Waals surface area contributed by atoms with E-state index in [1.807, 2.05) is 0 Å². The monoisotopic (exact) mass is 180 g/mol. The average molecular weight is 181 g/mol. The minimum absolute atomic E-state index is 0. The molecule has 0 heterocycles. The molecule has 0 bridgehead atoms. The summed E-state index contributed by atoms with van der Waals surface area (Å²) in [5, 5.41) is 9.26. The molecule has 0 aromatic rings. The van der Waals surface area contributed by atoms with Gasteiger partial charge in [0.2, 0.25) is 0 Å². The van der Waals surface area contributed by atoms with E-state index in [1.54, 1.807) is 0 Å². The first-order chi connectivity index (χ1) is 2.27. The largest absolute Gasteiger partial charge is 1.00 e. The van der Waals surface area contributed by atoms with Gasteiger partial charge in [0.25, 0.3) is 0 Å². The van der Waals surface area contributed by atoms with E-state index < -0.39 is 5.97 Å². The molecule has 0 saturated heterocycles. The molecule has 0 rings (SSSR count). The molecule has 0 aliphatic carbocycles. The van der Waals surface area contributed by atoms with Crippen molar-refractivity contribution in [1.82, 2.24) is 0 Å². The Bertz CT molecular complexity index is 44.1. The van der Waals surface area contributed by atoms with Gasteiger partial charge in [0.05, 0.1) is 0 Å². The van der Waals surface area contributed by atoms with Crippen LogP contribution in [-0.4, -0.2) is 5.97 Å². The van der Waals surface area contributed by atoms with E-state index >= 15 is 0 Å². The van der Waals surface area contributed by atoms with Crippen molar-refractivity contribution in [2.45, 2.75) is 13.3 Å². The quantitative estimate of drug-likeness (QED) is 0.494. The molecule has 0 N–H and O–H groups in total. The molecule has 0 amide bonds. The Balaban J connectivity index is 0. The van der Waals surface area contributed by atoms with Gasteiger partial charge < -0.3 is 9.90 Å². The van der Waals surface area contributed by atoms with Crippen molar-refractivity contribution >= 4 is 5.97 Å². The first kappa shape index (κ1) is 9.51. The van der Waals surface area contributed by atoms with Gasteiger partial charge in [-0.25, -0.2) is 0 Å². The fraction of sp³-hybridized carbons (Fsp3) is 0.667. The summed E-state index contributed by atoms with van der Waals surface area (Å²) < 4.78 is 0. The van der Waals surface area contributed by atoms with Crippen LogP contribution in [0.2, 0.25) is 0 Å². The molecule has 0 atom stereocenters. The Morgan fingerprint density at radius 3 is 2.00 bits per heavy atom. The minimum atomic E-state index is -0.995. The molecule has 0 saturated carbocycles. The maximum atomic E-state index is 9.26. The van der Waals surface area contributed by atoms with E-state index in [0.29, 0.717) is 0 Å². The minimum Gasteiger partial charge on any atom is -0.550 e. The van der Waals surface area contributed by atoms with Crippen LogP contribution < -0.4 is 5.11 Å². The van der Waals surface area contributed by atoms with Crippen LogP contribution in [0.3, 0.4) is 0 Å². The Labute approximate surface area is 52.1 Å². The fourth-order valence-electron chi connectivity index (χ4n) is 0. The number of aliphatic carboxylic acids is 1. The van der Waals surface area contributed by atoms with Gasteiger partial charge in [-0.15, -0.1) is 0 Å². The van der Waals surface area contributed by atoms with E-state index in [0.717, 1.165) is 0 Å². The van der Waals surface area contributed by atoms with Crippen LogP contribution in [0.1, 0.15) is 13.3 Å². The normalized spacial score (nSPS) is 6.17. The molecule has 3 heteroatoms. The predicted molar refractivity (Wildman–Crippen MR) is 15.3 cm³/mol. The van der Waals surface area contributed by atoms with Gasteiger partial charge in [0, 0.05) is 5.97 Å². The smallest absolute Gasteiger partial charge is 0.550 e. The van der Waals surface area contributed by atoms with Gasteiger partial charge in [-0.2, -0.15) is 0 Å². The Hall–Kier alpha value is 0.210. The summed E-state index contributed by atoms with van der Waals surface area (Å²) in [7, 11) is 0. The number of carboxylic acids is 1. The standard InChI is InChI=1S/C3H6O2.Ag/c1-2-3(4)5;/h2H2,1H3,(H,4,5);/q;+1/p-1. The Kier molecular flexibility index (Phi) is 8.26. The van der Waals surface area contributed by atoms with Crippen LogP contribution in [-0.2, 0) is 27.2 Å². The number of carbonyl (C=O) groups excluding carboxylic acids is 1. The summed E-state index contributed by atoms with van der Waals surface area (Å²) in [5.41, 5.74) is 0. The van der Waals surface area contributed by atoms with Crippen molar-refractivity contribution in [2.24, 2.45) is 0 Å². The maximum Gasteiger partial charge on any atom is 1.00 e. The van der Waals surface area contributed by atoms with Gasteiger partial charge in [0.1, 0.15) is 0 Å². The molecule has 0 aromatic heterocycles. The van der Waals surface area contributed by atoms with E-state index in [1.165, 1.54) is 6.92 Å². The second-order valence-electron chi connectivity index (χ2n) is 0.726. The zero-order valence-corrected chi connectivity index (χ0v) is 4.81. The fourth-order valence-corrected chi connectivity index (χ4v) is 0. The van der Waals surface area contributed by atoms with E-state index in [9.17, 15) is 9.90 Å².